The van der Waals surface area contributed by atoms with Gasteiger partial charge in [-0.25, -0.2) is 0 Å². The Morgan fingerprint density at radius 1 is 0.964 bits per heavy atom. The number of aliphatic hydroxyl groups excluding tert-OH is 1. The summed E-state index contributed by atoms with van der Waals surface area (Å²) in [6.45, 7) is 5.32. The summed E-state index contributed by atoms with van der Waals surface area (Å²) in [5, 5.41) is 10.4. The molecule has 1 aliphatic heterocycles. The molecule has 154 valence electrons. The van der Waals surface area contributed by atoms with Crippen molar-refractivity contribution in [1.29, 1.82) is 0 Å². The van der Waals surface area contributed by atoms with Gasteiger partial charge in [-0.15, -0.1) is 0 Å². The third-order valence-corrected chi connectivity index (χ3v) is 8.01. The van der Waals surface area contributed by atoms with Gasteiger partial charge in [-0.2, -0.15) is 0 Å². The zero-order chi connectivity index (χ0) is 19.1. The molecule has 0 radical (unpaired) electrons. The van der Waals surface area contributed by atoms with E-state index in [0.29, 0.717) is 18.6 Å². The van der Waals surface area contributed by atoms with Gasteiger partial charge in [-0.1, -0.05) is 12.1 Å². The minimum atomic E-state index is -0.425. The molecule has 1 N–H and O–H groups in total. The molecule has 4 bridgehead atoms. The van der Waals surface area contributed by atoms with Crippen LogP contribution >= 0.6 is 0 Å². The number of likely N-dealkylation sites (N-methyl/N-ethyl adjacent to an activating group) is 1. The van der Waals surface area contributed by atoms with E-state index in [9.17, 15) is 5.11 Å². The van der Waals surface area contributed by atoms with Crippen LogP contribution in [0.5, 0.6) is 5.75 Å². The zero-order valence-electron chi connectivity index (χ0n) is 17.4. The molecule has 6 rings (SSSR count). The van der Waals surface area contributed by atoms with Crippen LogP contribution in [0.15, 0.2) is 24.3 Å². The summed E-state index contributed by atoms with van der Waals surface area (Å²) < 4.78 is 5.92. The number of hydrogen-bond acceptors (Lipinski definition) is 4. The van der Waals surface area contributed by atoms with E-state index >= 15 is 0 Å². The lowest BCUT2D eigenvalue weighted by atomic mass is 9.48. The summed E-state index contributed by atoms with van der Waals surface area (Å²) >= 11 is 0. The minimum Gasteiger partial charge on any atom is -0.491 e. The predicted octanol–water partition coefficient (Wildman–Crippen LogP) is 3.14. The Labute approximate surface area is 169 Å². The molecule has 4 heteroatoms. The second-order valence-electron chi connectivity index (χ2n) is 10.3. The highest BCUT2D eigenvalue weighted by Gasteiger charge is 2.51. The average Bonchev–Trinajstić information content (AvgIpc) is 2.68. The zero-order valence-corrected chi connectivity index (χ0v) is 17.4. The molecule has 0 spiro atoms. The van der Waals surface area contributed by atoms with E-state index in [-0.39, 0.29) is 0 Å². The summed E-state index contributed by atoms with van der Waals surface area (Å²) in [6, 6.07) is 8.90. The molecule has 1 unspecified atom stereocenters. The van der Waals surface area contributed by atoms with E-state index in [1.807, 2.05) is 0 Å². The van der Waals surface area contributed by atoms with Crippen LogP contribution in [0.2, 0.25) is 0 Å². The second-order valence-corrected chi connectivity index (χ2v) is 10.3. The maximum atomic E-state index is 10.4. The van der Waals surface area contributed by atoms with Gasteiger partial charge >= 0.3 is 0 Å². The molecule has 0 aromatic heterocycles. The quantitative estimate of drug-likeness (QED) is 0.817. The Hall–Kier alpha value is -1.10. The van der Waals surface area contributed by atoms with Gasteiger partial charge in [0.1, 0.15) is 18.5 Å². The standard InChI is InChI=1S/C24H36N2O2/c1-25-6-8-26(9-7-25)16-22(27)17-28-23-4-2-21(3-5-23)24-13-18-10-19(14-24)12-20(11-18)15-24/h2-5,18-20,22,27H,6-17H2,1H3. The molecule has 0 amide bonds. The number of piperazine rings is 1. The van der Waals surface area contributed by atoms with Crippen LogP contribution in [-0.2, 0) is 5.41 Å². The molecule has 1 aromatic rings. The number of rotatable bonds is 6. The monoisotopic (exact) mass is 384 g/mol. The summed E-state index contributed by atoms with van der Waals surface area (Å²) in [4.78, 5) is 4.68. The van der Waals surface area contributed by atoms with E-state index in [2.05, 4.69) is 41.1 Å². The molecule has 1 heterocycles. The Bertz CT molecular complexity index is 630. The van der Waals surface area contributed by atoms with Crippen LogP contribution in [0.25, 0.3) is 0 Å². The lowest BCUT2D eigenvalue weighted by Crippen LogP contribution is -2.48. The molecule has 5 fully saturated rings. The largest absolute Gasteiger partial charge is 0.491 e. The number of ether oxygens (including phenoxy) is 1. The fourth-order valence-electron chi connectivity index (χ4n) is 6.94. The van der Waals surface area contributed by atoms with Crippen LogP contribution in [0.4, 0.5) is 0 Å². The van der Waals surface area contributed by atoms with Gasteiger partial charge in [0.15, 0.2) is 0 Å². The number of aliphatic hydroxyl groups is 1. The van der Waals surface area contributed by atoms with E-state index in [4.69, 9.17) is 4.74 Å². The smallest absolute Gasteiger partial charge is 0.119 e. The Morgan fingerprint density at radius 3 is 2.11 bits per heavy atom. The number of benzene rings is 1. The van der Waals surface area contributed by atoms with Crippen molar-refractivity contribution in [3.05, 3.63) is 29.8 Å². The van der Waals surface area contributed by atoms with Crippen molar-refractivity contribution >= 4 is 0 Å². The lowest BCUT2D eigenvalue weighted by Gasteiger charge is -2.57. The molecule has 1 atom stereocenters. The van der Waals surface area contributed by atoms with Crippen LogP contribution in [0.1, 0.15) is 44.1 Å². The molecule has 1 aromatic carbocycles. The van der Waals surface area contributed by atoms with Crippen LogP contribution in [0, 0.1) is 17.8 Å². The van der Waals surface area contributed by atoms with Crippen LogP contribution in [0.3, 0.4) is 0 Å². The molecular formula is C24H36N2O2. The molecule has 5 aliphatic rings. The van der Waals surface area contributed by atoms with Crippen molar-refractivity contribution in [3.8, 4) is 5.75 Å². The first-order chi connectivity index (χ1) is 13.6. The number of hydrogen-bond donors (Lipinski definition) is 1. The third-order valence-electron chi connectivity index (χ3n) is 8.01. The van der Waals surface area contributed by atoms with Crippen molar-refractivity contribution in [2.24, 2.45) is 17.8 Å². The van der Waals surface area contributed by atoms with Gasteiger partial charge in [-0.05, 0) is 86.4 Å². The summed E-state index contributed by atoms with van der Waals surface area (Å²) in [7, 11) is 2.16. The normalized spacial score (nSPS) is 36.6. The van der Waals surface area contributed by atoms with E-state index < -0.39 is 6.10 Å². The topological polar surface area (TPSA) is 35.9 Å². The molecule has 1 saturated heterocycles. The maximum absolute atomic E-state index is 10.4. The van der Waals surface area contributed by atoms with E-state index in [0.717, 1.165) is 49.7 Å². The van der Waals surface area contributed by atoms with Gasteiger partial charge in [-0.3, -0.25) is 4.90 Å². The molecule has 4 saturated carbocycles. The fraction of sp³-hybridized carbons (Fsp3) is 0.750. The Balaban J connectivity index is 1.15. The van der Waals surface area contributed by atoms with Gasteiger partial charge in [0, 0.05) is 32.7 Å². The maximum Gasteiger partial charge on any atom is 0.119 e. The SMILES string of the molecule is CN1CCN(CC(O)COc2ccc(C34CC5CC(CC(C5)C3)C4)cc2)CC1. The predicted molar refractivity (Wildman–Crippen MR) is 112 cm³/mol. The van der Waals surface area contributed by atoms with Crippen molar-refractivity contribution in [3.63, 3.8) is 0 Å². The fourth-order valence-corrected chi connectivity index (χ4v) is 6.94. The number of nitrogens with zero attached hydrogens (tertiary/aromatic N) is 2. The second kappa shape index (κ2) is 7.62. The third kappa shape index (κ3) is 3.83. The summed E-state index contributed by atoms with van der Waals surface area (Å²) in [5.74, 6) is 3.83. The first-order valence-electron chi connectivity index (χ1n) is 11.4. The summed E-state index contributed by atoms with van der Waals surface area (Å²) in [5.41, 5.74) is 1.99. The first kappa shape index (κ1) is 18.9. The lowest BCUT2D eigenvalue weighted by molar-refractivity contribution is -0.00522. The molecule has 4 aliphatic carbocycles. The van der Waals surface area contributed by atoms with Crippen molar-refractivity contribution in [1.82, 2.24) is 9.80 Å². The molecular weight excluding hydrogens is 348 g/mol. The van der Waals surface area contributed by atoms with Crippen LogP contribution < -0.4 is 4.74 Å². The first-order valence-corrected chi connectivity index (χ1v) is 11.4. The highest BCUT2D eigenvalue weighted by atomic mass is 16.5. The van der Waals surface area contributed by atoms with E-state index in [1.165, 1.54) is 44.1 Å². The Kier molecular flexibility index (Phi) is 5.14. The highest BCUT2D eigenvalue weighted by molar-refractivity contribution is 5.34. The van der Waals surface area contributed by atoms with Gasteiger partial charge < -0.3 is 14.7 Å². The number of β-amino-alcohol motifs (C(OH)–C–C–N with tert-alkyl or cyclic N) is 1. The average molecular weight is 385 g/mol. The summed E-state index contributed by atoms with van der Waals surface area (Å²) in [6.07, 6.45) is 8.27. The highest BCUT2D eigenvalue weighted by Crippen LogP contribution is 2.60. The molecule has 4 nitrogen and oxygen atoms in total. The van der Waals surface area contributed by atoms with E-state index in [1.54, 1.807) is 0 Å². The van der Waals surface area contributed by atoms with Crippen molar-refractivity contribution in [2.75, 3.05) is 46.4 Å². The Morgan fingerprint density at radius 2 is 1.54 bits per heavy atom. The van der Waals surface area contributed by atoms with Gasteiger partial charge in [0.05, 0.1) is 0 Å². The van der Waals surface area contributed by atoms with Crippen molar-refractivity contribution < 1.29 is 9.84 Å². The van der Waals surface area contributed by atoms with Gasteiger partial charge in [0.2, 0.25) is 0 Å². The van der Waals surface area contributed by atoms with Gasteiger partial charge in [0.25, 0.3) is 0 Å². The van der Waals surface area contributed by atoms with Crippen molar-refractivity contribution in [2.45, 2.75) is 50.0 Å². The molecule has 28 heavy (non-hydrogen) atoms. The minimum absolute atomic E-state index is 0.378. The van der Waals surface area contributed by atoms with Crippen LogP contribution in [-0.4, -0.2) is 67.4 Å².